The molecule has 3 unspecified atom stereocenters. The van der Waals surface area contributed by atoms with Gasteiger partial charge in [0.1, 0.15) is 0 Å². The van der Waals surface area contributed by atoms with Crippen molar-refractivity contribution in [1.29, 1.82) is 0 Å². The standard InChI is InChI=1S/C39H43NO6S/c41-26-28-15-17-31(18-16-28)36-24-34(27-47-35-11-4-3-5-12-35)45-39(46-36)32-21-19-30(20-22-32)33-10-8-9-29(23-33)25-40-37(42)13-6-1-2-7-14-38(43)44/h3-5,8-12,15-23,34,36,39,41H,1-2,6-7,13-14,24-27H2,(H,40,42)(H,43,44). The van der Waals surface area contributed by atoms with Crippen molar-refractivity contribution in [2.24, 2.45) is 0 Å². The second kappa shape index (κ2) is 17.8. The molecule has 1 heterocycles. The largest absolute Gasteiger partial charge is 0.481 e. The summed E-state index contributed by atoms with van der Waals surface area (Å²) in [5.74, 6) is 0.0452. The lowest BCUT2D eigenvalue weighted by atomic mass is 9.99. The Morgan fingerprint density at radius 1 is 0.745 bits per heavy atom. The highest BCUT2D eigenvalue weighted by Gasteiger charge is 2.32. The lowest BCUT2D eigenvalue weighted by Gasteiger charge is -2.36. The number of carbonyl (C=O) groups excluding carboxylic acids is 1. The van der Waals surface area contributed by atoms with E-state index in [2.05, 4.69) is 53.8 Å². The topological polar surface area (TPSA) is 105 Å². The number of thioether (sulfide) groups is 1. The number of carboxylic acids is 1. The Morgan fingerprint density at radius 3 is 2.19 bits per heavy atom. The lowest BCUT2D eigenvalue weighted by molar-refractivity contribution is -0.245. The molecule has 0 bridgehead atoms. The monoisotopic (exact) mass is 653 g/mol. The van der Waals surface area contributed by atoms with Gasteiger partial charge in [-0.05, 0) is 58.9 Å². The number of aliphatic hydroxyl groups excluding tert-OH is 1. The zero-order valence-corrected chi connectivity index (χ0v) is 27.4. The Labute approximate surface area is 281 Å². The predicted octanol–water partition coefficient (Wildman–Crippen LogP) is 8.23. The van der Waals surface area contributed by atoms with Crippen molar-refractivity contribution >= 4 is 23.6 Å². The highest BCUT2D eigenvalue weighted by Crippen LogP contribution is 2.40. The van der Waals surface area contributed by atoms with Crippen LogP contribution in [0.5, 0.6) is 0 Å². The van der Waals surface area contributed by atoms with Crippen LogP contribution in [0.25, 0.3) is 11.1 Å². The van der Waals surface area contributed by atoms with Crippen LogP contribution in [0.1, 0.15) is 79.6 Å². The molecule has 1 aliphatic rings. The molecule has 3 N–H and O–H groups in total. The molecule has 5 rings (SSSR count). The van der Waals surface area contributed by atoms with Gasteiger partial charge in [-0.2, -0.15) is 0 Å². The van der Waals surface area contributed by atoms with E-state index in [1.54, 1.807) is 11.8 Å². The highest BCUT2D eigenvalue weighted by molar-refractivity contribution is 7.99. The van der Waals surface area contributed by atoms with E-state index in [4.69, 9.17) is 14.6 Å². The van der Waals surface area contributed by atoms with Gasteiger partial charge in [0, 0.05) is 42.0 Å². The van der Waals surface area contributed by atoms with Crippen LogP contribution in [0, 0.1) is 0 Å². The maximum Gasteiger partial charge on any atom is 0.303 e. The van der Waals surface area contributed by atoms with Crippen LogP contribution in [-0.4, -0.2) is 33.9 Å². The number of carboxylic acid groups (broad SMARTS) is 1. The molecule has 1 amide bonds. The van der Waals surface area contributed by atoms with E-state index in [0.717, 1.165) is 64.8 Å². The van der Waals surface area contributed by atoms with Gasteiger partial charge in [0.15, 0.2) is 6.29 Å². The van der Waals surface area contributed by atoms with Crippen LogP contribution in [-0.2, 0) is 32.2 Å². The first-order valence-corrected chi connectivity index (χ1v) is 17.3. The molecule has 0 spiro atoms. The Morgan fingerprint density at radius 2 is 1.47 bits per heavy atom. The van der Waals surface area contributed by atoms with E-state index >= 15 is 0 Å². The molecule has 0 radical (unpaired) electrons. The van der Waals surface area contributed by atoms with Crippen molar-refractivity contribution in [3.05, 3.63) is 125 Å². The van der Waals surface area contributed by atoms with Crippen molar-refractivity contribution in [2.75, 3.05) is 5.75 Å². The van der Waals surface area contributed by atoms with E-state index in [-0.39, 0.29) is 31.1 Å². The number of amides is 1. The summed E-state index contributed by atoms with van der Waals surface area (Å²) in [6, 6.07) is 34.7. The number of hydrogen-bond acceptors (Lipinski definition) is 6. The minimum absolute atomic E-state index is 0.00795. The van der Waals surface area contributed by atoms with Crippen molar-refractivity contribution in [3.63, 3.8) is 0 Å². The molecular weight excluding hydrogens is 610 g/mol. The molecule has 0 saturated carbocycles. The van der Waals surface area contributed by atoms with Crippen LogP contribution in [0.4, 0.5) is 0 Å². The SMILES string of the molecule is O=C(O)CCCCCCC(=O)NCc1cccc(-c2ccc(C3OC(CSc4ccccc4)CC(c4ccc(CO)cc4)O3)cc2)c1. The van der Waals surface area contributed by atoms with Gasteiger partial charge < -0.3 is 25.0 Å². The number of hydrogen-bond donors (Lipinski definition) is 3. The predicted molar refractivity (Wildman–Crippen MR) is 185 cm³/mol. The summed E-state index contributed by atoms with van der Waals surface area (Å²) in [4.78, 5) is 24.2. The number of rotatable bonds is 16. The average Bonchev–Trinajstić information content (AvgIpc) is 3.11. The fourth-order valence-corrected chi connectivity index (χ4v) is 6.57. The second-order valence-corrected chi connectivity index (χ2v) is 13.0. The van der Waals surface area contributed by atoms with E-state index in [9.17, 15) is 14.7 Å². The fourth-order valence-electron chi connectivity index (χ4n) is 5.63. The summed E-state index contributed by atoms with van der Waals surface area (Å²) in [5.41, 5.74) is 6.04. The highest BCUT2D eigenvalue weighted by atomic mass is 32.2. The molecule has 4 aromatic rings. The molecule has 47 heavy (non-hydrogen) atoms. The summed E-state index contributed by atoms with van der Waals surface area (Å²) in [5, 5.41) is 21.2. The molecule has 1 saturated heterocycles. The first-order valence-electron chi connectivity index (χ1n) is 16.3. The van der Waals surface area contributed by atoms with Gasteiger partial charge in [-0.25, -0.2) is 0 Å². The minimum Gasteiger partial charge on any atom is -0.481 e. The number of aliphatic carboxylic acids is 1. The Hall–Kier alpha value is -3.95. The zero-order chi connectivity index (χ0) is 32.8. The van der Waals surface area contributed by atoms with Gasteiger partial charge in [-0.15, -0.1) is 11.8 Å². The first kappa shape index (κ1) is 34.4. The summed E-state index contributed by atoms with van der Waals surface area (Å²) in [6.45, 7) is 0.465. The maximum absolute atomic E-state index is 12.3. The van der Waals surface area contributed by atoms with Gasteiger partial charge in [-0.1, -0.05) is 97.8 Å². The maximum atomic E-state index is 12.3. The zero-order valence-electron chi connectivity index (χ0n) is 26.6. The van der Waals surface area contributed by atoms with Crippen LogP contribution in [0.2, 0.25) is 0 Å². The Balaban J connectivity index is 1.19. The molecule has 8 heteroatoms. The number of nitrogens with one attached hydrogen (secondary N) is 1. The van der Waals surface area contributed by atoms with Crippen molar-refractivity contribution in [2.45, 2.75) is 81.5 Å². The minimum atomic E-state index is -0.772. The summed E-state index contributed by atoms with van der Waals surface area (Å²) >= 11 is 1.78. The summed E-state index contributed by atoms with van der Waals surface area (Å²) in [7, 11) is 0. The normalized spacial score (nSPS) is 17.7. The molecule has 3 atom stereocenters. The molecule has 1 aliphatic heterocycles. The quantitative estimate of drug-likeness (QED) is 0.0827. The van der Waals surface area contributed by atoms with Crippen LogP contribution in [0.3, 0.4) is 0 Å². The molecule has 0 aromatic heterocycles. The van der Waals surface area contributed by atoms with Crippen molar-refractivity contribution in [1.82, 2.24) is 5.32 Å². The summed E-state index contributed by atoms with van der Waals surface area (Å²) < 4.78 is 13.1. The van der Waals surface area contributed by atoms with E-state index < -0.39 is 12.3 Å². The van der Waals surface area contributed by atoms with Crippen LogP contribution in [0.15, 0.2) is 108 Å². The van der Waals surface area contributed by atoms with Gasteiger partial charge in [-0.3, -0.25) is 9.59 Å². The number of ether oxygens (including phenoxy) is 2. The first-order chi connectivity index (χ1) is 23.0. The third kappa shape index (κ3) is 10.8. The molecule has 246 valence electrons. The van der Waals surface area contributed by atoms with Gasteiger partial charge in [0.25, 0.3) is 0 Å². The van der Waals surface area contributed by atoms with Gasteiger partial charge in [0.05, 0.1) is 18.8 Å². The summed E-state index contributed by atoms with van der Waals surface area (Å²) in [6.07, 6.45) is 3.81. The molecule has 1 fully saturated rings. The van der Waals surface area contributed by atoms with Gasteiger partial charge in [0.2, 0.25) is 5.91 Å². The van der Waals surface area contributed by atoms with Crippen molar-refractivity contribution in [3.8, 4) is 11.1 Å². The Bertz CT molecular complexity index is 1560. The van der Waals surface area contributed by atoms with Gasteiger partial charge >= 0.3 is 5.97 Å². The third-order valence-electron chi connectivity index (χ3n) is 8.27. The fraction of sp³-hybridized carbons (Fsp3) is 0.333. The number of benzene rings is 4. The van der Waals surface area contributed by atoms with E-state index in [0.29, 0.717) is 19.4 Å². The van der Waals surface area contributed by atoms with E-state index in [1.807, 2.05) is 54.6 Å². The third-order valence-corrected chi connectivity index (χ3v) is 9.42. The lowest BCUT2D eigenvalue weighted by Crippen LogP contribution is -2.31. The van der Waals surface area contributed by atoms with E-state index in [1.165, 1.54) is 4.90 Å². The molecular formula is C39H43NO6S. The van der Waals surface area contributed by atoms with Crippen LogP contribution >= 0.6 is 11.8 Å². The molecule has 0 aliphatic carbocycles. The number of aliphatic hydroxyl groups is 1. The molecule has 4 aromatic carbocycles. The Kier molecular flexibility index (Phi) is 13.0. The van der Waals surface area contributed by atoms with Crippen molar-refractivity contribution < 1.29 is 29.3 Å². The molecule has 7 nitrogen and oxygen atoms in total. The number of carbonyl (C=O) groups is 2. The second-order valence-electron chi connectivity index (χ2n) is 11.9. The average molecular weight is 654 g/mol. The smallest absolute Gasteiger partial charge is 0.303 e. The van der Waals surface area contributed by atoms with Crippen LogP contribution < -0.4 is 5.32 Å². The number of unbranched alkanes of at least 4 members (excludes halogenated alkanes) is 3.